The summed E-state index contributed by atoms with van der Waals surface area (Å²) in [7, 11) is 0. The molecule has 0 unspecified atom stereocenters. The van der Waals surface area contributed by atoms with Gasteiger partial charge < -0.3 is 5.73 Å². The van der Waals surface area contributed by atoms with Crippen molar-refractivity contribution in [3.05, 3.63) is 48.3 Å². The Morgan fingerprint density at radius 1 is 1.50 bits per heavy atom. The van der Waals surface area contributed by atoms with Gasteiger partial charge in [-0.3, -0.25) is 4.79 Å². The molecule has 0 saturated carbocycles. The van der Waals surface area contributed by atoms with E-state index in [-0.39, 0.29) is 5.82 Å². The zero-order valence-electron chi connectivity index (χ0n) is 7.74. The summed E-state index contributed by atoms with van der Waals surface area (Å²) in [6.45, 7) is 3.54. The summed E-state index contributed by atoms with van der Waals surface area (Å²) >= 11 is 0. The normalized spacial score (nSPS) is 12.1. The fraction of sp³-hybridized carbons (Fsp3) is 0.182. The van der Waals surface area contributed by atoms with Crippen LogP contribution in [0.5, 0.6) is 0 Å². The highest BCUT2D eigenvalue weighted by atomic mass is 19.1. The first kappa shape index (κ1) is 10.4. The van der Waals surface area contributed by atoms with Crippen LogP contribution in [0.1, 0.15) is 17.9 Å². The molecule has 2 nitrogen and oxygen atoms in total. The third-order valence-electron chi connectivity index (χ3n) is 2.02. The largest absolute Gasteiger partial charge is 0.369 e. The Balaban J connectivity index is 2.93. The molecule has 0 aromatic heterocycles. The summed E-state index contributed by atoms with van der Waals surface area (Å²) in [4.78, 5) is 11.1. The SMILES string of the molecule is C=CC[C@@H](C(N)=O)c1ccc(F)cc1. The van der Waals surface area contributed by atoms with E-state index in [2.05, 4.69) is 6.58 Å². The van der Waals surface area contributed by atoms with E-state index >= 15 is 0 Å². The average Bonchev–Trinajstić information content (AvgIpc) is 2.15. The van der Waals surface area contributed by atoms with Crippen molar-refractivity contribution in [2.45, 2.75) is 12.3 Å². The molecule has 0 aliphatic carbocycles. The van der Waals surface area contributed by atoms with Gasteiger partial charge in [-0.15, -0.1) is 6.58 Å². The van der Waals surface area contributed by atoms with Crippen molar-refractivity contribution in [1.29, 1.82) is 0 Å². The molecule has 1 aromatic rings. The Kier molecular flexibility index (Phi) is 3.40. The number of allylic oxidation sites excluding steroid dienone is 1. The minimum atomic E-state index is -0.420. The number of hydrogen-bond donors (Lipinski definition) is 1. The Labute approximate surface area is 82.2 Å². The van der Waals surface area contributed by atoms with Crippen LogP contribution in [0.25, 0.3) is 0 Å². The minimum absolute atomic E-state index is 0.324. The fourth-order valence-corrected chi connectivity index (χ4v) is 1.28. The zero-order chi connectivity index (χ0) is 10.6. The summed E-state index contributed by atoms with van der Waals surface area (Å²) in [5.74, 6) is -1.15. The number of rotatable bonds is 4. The van der Waals surface area contributed by atoms with Crippen LogP contribution in [-0.4, -0.2) is 5.91 Å². The van der Waals surface area contributed by atoms with Gasteiger partial charge in [0, 0.05) is 0 Å². The van der Waals surface area contributed by atoms with Crippen molar-refractivity contribution >= 4 is 5.91 Å². The first-order valence-corrected chi connectivity index (χ1v) is 4.31. The number of amides is 1. The summed E-state index contributed by atoms with van der Waals surface area (Å²) < 4.78 is 12.6. The van der Waals surface area contributed by atoms with Gasteiger partial charge in [0.05, 0.1) is 5.92 Å². The third-order valence-corrected chi connectivity index (χ3v) is 2.02. The Morgan fingerprint density at radius 2 is 2.07 bits per heavy atom. The molecule has 74 valence electrons. The molecule has 0 spiro atoms. The monoisotopic (exact) mass is 193 g/mol. The second-order valence-corrected chi connectivity index (χ2v) is 3.03. The molecule has 0 heterocycles. The van der Waals surface area contributed by atoms with Crippen LogP contribution in [0.4, 0.5) is 4.39 Å². The highest BCUT2D eigenvalue weighted by Gasteiger charge is 2.15. The van der Waals surface area contributed by atoms with Gasteiger partial charge in [-0.05, 0) is 24.1 Å². The van der Waals surface area contributed by atoms with Gasteiger partial charge in [0.2, 0.25) is 5.91 Å². The zero-order valence-corrected chi connectivity index (χ0v) is 7.74. The van der Waals surface area contributed by atoms with Crippen LogP contribution in [0.3, 0.4) is 0 Å². The van der Waals surface area contributed by atoms with Gasteiger partial charge >= 0.3 is 0 Å². The number of nitrogens with two attached hydrogens (primary N) is 1. The lowest BCUT2D eigenvalue weighted by atomic mass is 9.95. The average molecular weight is 193 g/mol. The molecule has 0 radical (unpaired) electrons. The number of halogens is 1. The topological polar surface area (TPSA) is 43.1 Å². The molecule has 14 heavy (non-hydrogen) atoms. The Bertz CT molecular complexity index is 332. The van der Waals surface area contributed by atoms with E-state index < -0.39 is 11.8 Å². The highest BCUT2D eigenvalue weighted by Crippen LogP contribution is 2.19. The van der Waals surface area contributed by atoms with Crippen molar-refractivity contribution < 1.29 is 9.18 Å². The van der Waals surface area contributed by atoms with Crippen LogP contribution >= 0.6 is 0 Å². The van der Waals surface area contributed by atoms with Gasteiger partial charge in [-0.1, -0.05) is 18.2 Å². The lowest BCUT2D eigenvalue weighted by molar-refractivity contribution is -0.119. The van der Waals surface area contributed by atoms with Crippen molar-refractivity contribution in [2.24, 2.45) is 5.73 Å². The number of carbonyl (C=O) groups excluding carboxylic acids is 1. The quantitative estimate of drug-likeness (QED) is 0.730. The summed E-state index contributed by atoms with van der Waals surface area (Å²) in [5.41, 5.74) is 5.93. The van der Waals surface area contributed by atoms with Crippen LogP contribution < -0.4 is 5.73 Å². The maximum absolute atomic E-state index is 12.6. The van der Waals surface area contributed by atoms with Crippen LogP contribution in [0.15, 0.2) is 36.9 Å². The van der Waals surface area contributed by atoms with E-state index in [1.54, 1.807) is 18.2 Å². The van der Waals surface area contributed by atoms with E-state index in [9.17, 15) is 9.18 Å². The van der Waals surface area contributed by atoms with Crippen molar-refractivity contribution in [1.82, 2.24) is 0 Å². The molecule has 0 saturated heterocycles. The molecule has 0 fully saturated rings. The molecule has 1 amide bonds. The van der Waals surface area contributed by atoms with Crippen molar-refractivity contribution in [2.75, 3.05) is 0 Å². The molecular formula is C11H12FNO. The van der Waals surface area contributed by atoms with Gasteiger partial charge in [0.15, 0.2) is 0 Å². The number of hydrogen-bond acceptors (Lipinski definition) is 1. The van der Waals surface area contributed by atoms with Gasteiger partial charge in [0.1, 0.15) is 5.82 Å². The molecule has 0 bridgehead atoms. The van der Waals surface area contributed by atoms with Crippen LogP contribution in [0, 0.1) is 5.82 Å². The molecule has 2 N–H and O–H groups in total. The van der Waals surface area contributed by atoms with E-state index in [4.69, 9.17) is 5.73 Å². The summed E-state index contributed by atoms with van der Waals surface area (Å²) in [6, 6.07) is 5.76. The summed E-state index contributed by atoms with van der Waals surface area (Å²) in [6.07, 6.45) is 2.10. The number of primary amides is 1. The number of benzene rings is 1. The van der Waals surface area contributed by atoms with Crippen molar-refractivity contribution in [3.63, 3.8) is 0 Å². The molecule has 1 atom stereocenters. The Morgan fingerprint density at radius 3 is 2.50 bits per heavy atom. The smallest absolute Gasteiger partial charge is 0.225 e. The minimum Gasteiger partial charge on any atom is -0.369 e. The maximum atomic E-state index is 12.6. The van der Waals surface area contributed by atoms with Gasteiger partial charge in [0.25, 0.3) is 0 Å². The van der Waals surface area contributed by atoms with E-state index in [1.807, 2.05) is 0 Å². The summed E-state index contributed by atoms with van der Waals surface area (Å²) in [5, 5.41) is 0. The van der Waals surface area contributed by atoms with E-state index in [1.165, 1.54) is 12.1 Å². The van der Waals surface area contributed by atoms with Gasteiger partial charge in [-0.2, -0.15) is 0 Å². The van der Waals surface area contributed by atoms with Gasteiger partial charge in [-0.25, -0.2) is 4.39 Å². The van der Waals surface area contributed by atoms with E-state index in [0.717, 1.165) is 5.56 Å². The second kappa shape index (κ2) is 4.56. The molecule has 0 aliphatic heterocycles. The first-order valence-electron chi connectivity index (χ1n) is 4.31. The lowest BCUT2D eigenvalue weighted by Gasteiger charge is -2.10. The maximum Gasteiger partial charge on any atom is 0.225 e. The molecule has 1 rings (SSSR count). The fourth-order valence-electron chi connectivity index (χ4n) is 1.28. The van der Waals surface area contributed by atoms with Crippen LogP contribution in [-0.2, 0) is 4.79 Å². The molecule has 0 aliphatic rings. The Hall–Kier alpha value is -1.64. The highest BCUT2D eigenvalue weighted by molar-refractivity contribution is 5.82. The first-order chi connectivity index (χ1) is 6.65. The third kappa shape index (κ3) is 2.42. The van der Waals surface area contributed by atoms with E-state index in [0.29, 0.717) is 6.42 Å². The molecular weight excluding hydrogens is 181 g/mol. The molecule has 1 aromatic carbocycles. The predicted molar refractivity (Wildman–Crippen MR) is 53.1 cm³/mol. The molecule has 3 heteroatoms. The second-order valence-electron chi connectivity index (χ2n) is 3.03. The van der Waals surface area contributed by atoms with Crippen LogP contribution in [0.2, 0.25) is 0 Å². The van der Waals surface area contributed by atoms with Crippen molar-refractivity contribution in [3.8, 4) is 0 Å². The predicted octanol–water partition coefficient (Wildman–Crippen LogP) is 1.97. The standard InChI is InChI=1S/C11H12FNO/c1-2-3-10(11(13)14)8-4-6-9(12)7-5-8/h2,4-7,10H,1,3H2,(H2,13,14)/t10-/m1/s1. The lowest BCUT2D eigenvalue weighted by Crippen LogP contribution is -2.20. The number of carbonyl (C=O) groups is 1.